The van der Waals surface area contributed by atoms with E-state index in [0.717, 1.165) is 12.1 Å². The number of methoxy groups -OCH3 is 1. The highest BCUT2D eigenvalue weighted by atomic mass is 32.2. The number of thioether (sulfide) groups is 1. The Kier molecular flexibility index (Phi) is 5.52. The lowest BCUT2D eigenvalue weighted by molar-refractivity contribution is -0.137. The number of nitrogens with zero attached hydrogens (tertiary/aromatic N) is 4. The van der Waals surface area contributed by atoms with Gasteiger partial charge in [0.25, 0.3) is 0 Å². The molecule has 3 rings (SSSR count). The number of ether oxygens (including phenoxy) is 1. The molecule has 1 fully saturated rings. The second kappa shape index (κ2) is 7.67. The van der Waals surface area contributed by atoms with Crippen molar-refractivity contribution >= 4 is 17.7 Å². The number of halogens is 3. The summed E-state index contributed by atoms with van der Waals surface area (Å²) >= 11 is 1.44. The molecule has 0 aliphatic carbocycles. The van der Waals surface area contributed by atoms with Crippen LogP contribution in [0.25, 0.3) is 0 Å². The standard InChI is InChI=1S/C16H17F3N4O2S/c1-25-6-5-23-14(24)10-26-15(23)13-9-22(21-20-13)8-11-3-2-4-12(7-11)16(17,18)19/h2-4,7,9,15H,5-6,8,10H2,1H3/t15-/m1/s1. The fraction of sp³-hybridized carbons (Fsp3) is 0.438. The largest absolute Gasteiger partial charge is 0.416 e. The minimum Gasteiger partial charge on any atom is -0.383 e. The van der Waals surface area contributed by atoms with E-state index in [0.29, 0.717) is 30.2 Å². The monoisotopic (exact) mass is 386 g/mol. The molecule has 140 valence electrons. The molecule has 1 amide bonds. The van der Waals surface area contributed by atoms with Crippen molar-refractivity contribution in [2.45, 2.75) is 18.1 Å². The lowest BCUT2D eigenvalue weighted by Crippen LogP contribution is -2.31. The highest BCUT2D eigenvalue weighted by Crippen LogP contribution is 2.37. The minimum absolute atomic E-state index is 0.00415. The Balaban J connectivity index is 1.73. The highest BCUT2D eigenvalue weighted by molar-refractivity contribution is 8.00. The van der Waals surface area contributed by atoms with Gasteiger partial charge in [0.1, 0.15) is 11.1 Å². The third-order valence-electron chi connectivity index (χ3n) is 3.91. The highest BCUT2D eigenvalue weighted by Gasteiger charge is 2.34. The molecule has 1 aromatic carbocycles. The van der Waals surface area contributed by atoms with Crippen LogP contribution in [0.2, 0.25) is 0 Å². The molecule has 0 spiro atoms. The number of rotatable bonds is 6. The van der Waals surface area contributed by atoms with Gasteiger partial charge in [0, 0.05) is 13.7 Å². The third-order valence-corrected chi connectivity index (χ3v) is 5.14. The Morgan fingerprint density at radius 1 is 1.38 bits per heavy atom. The maximum absolute atomic E-state index is 12.8. The van der Waals surface area contributed by atoms with Crippen LogP contribution >= 0.6 is 11.8 Å². The van der Waals surface area contributed by atoms with Gasteiger partial charge in [0.2, 0.25) is 5.91 Å². The van der Waals surface area contributed by atoms with E-state index in [4.69, 9.17) is 4.74 Å². The van der Waals surface area contributed by atoms with E-state index in [9.17, 15) is 18.0 Å². The summed E-state index contributed by atoms with van der Waals surface area (Å²) in [4.78, 5) is 13.7. The zero-order valence-corrected chi connectivity index (χ0v) is 14.8. The third kappa shape index (κ3) is 4.18. The predicted octanol–water partition coefficient (Wildman–Crippen LogP) is 2.57. The molecule has 0 bridgehead atoms. The molecule has 0 saturated carbocycles. The smallest absolute Gasteiger partial charge is 0.383 e. The minimum atomic E-state index is -4.38. The first kappa shape index (κ1) is 18.7. The number of carbonyl (C=O) groups is 1. The molecule has 6 nitrogen and oxygen atoms in total. The number of aromatic nitrogens is 3. The second-order valence-electron chi connectivity index (χ2n) is 5.78. The molecule has 1 aliphatic rings. The molecular weight excluding hydrogens is 369 g/mol. The summed E-state index contributed by atoms with van der Waals surface area (Å²) in [5, 5.41) is 7.83. The van der Waals surface area contributed by atoms with Crippen LogP contribution in [0.4, 0.5) is 13.2 Å². The predicted molar refractivity (Wildman–Crippen MR) is 89.4 cm³/mol. The van der Waals surface area contributed by atoms with Crippen LogP contribution in [0.3, 0.4) is 0 Å². The van der Waals surface area contributed by atoms with E-state index in [1.54, 1.807) is 24.3 Å². The number of carbonyl (C=O) groups excluding carboxylic acids is 1. The number of benzene rings is 1. The SMILES string of the molecule is COCCN1C(=O)CS[C@@H]1c1cn(Cc2cccc(C(F)(F)F)c2)nn1. The van der Waals surface area contributed by atoms with Gasteiger partial charge in [0.15, 0.2) is 0 Å². The van der Waals surface area contributed by atoms with Gasteiger partial charge in [0.05, 0.1) is 30.7 Å². The Morgan fingerprint density at radius 3 is 2.92 bits per heavy atom. The van der Waals surface area contributed by atoms with Crippen LogP contribution in [-0.2, 0) is 22.3 Å². The summed E-state index contributed by atoms with van der Waals surface area (Å²) in [5.41, 5.74) is 0.379. The second-order valence-corrected chi connectivity index (χ2v) is 6.85. The van der Waals surface area contributed by atoms with Crippen molar-refractivity contribution in [3.8, 4) is 0 Å². The number of hydrogen-bond acceptors (Lipinski definition) is 5. The van der Waals surface area contributed by atoms with Gasteiger partial charge in [-0.2, -0.15) is 13.2 Å². The fourth-order valence-corrected chi connectivity index (χ4v) is 3.82. The molecular formula is C16H17F3N4O2S. The normalized spacial score (nSPS) is 17.9. The number of amides is 1. The first-order valence-electron chi connectivity index (χ1n) is 7.84. The van der Waals surface area contributed by atoms with Crippen LogP contribution in [-0.4, -0.2) is 51.8 Å². The number of alkyl halides is 3. The van der Waals surface area contributed by atoms with E-state index in [2.05, 4.69) is 10.3 Å². The van der Waals surface area contributed by atoms with Gasteiger partial charge in [-0.1, -0.05) is 17.3 Å². The maximum atomic E-state index is 12.8. The maximum Gasteiger partial charge on any atom is 0.416 e. The average molecular weight is 386 g/mol. The first-order chi connectivity index (χ1) is 12.4. The number of hydrogen-bond donors (Lipinski definition) is 0. The Hall–Kier alpha value is -2.07. The van der Waals surface area contributed by atoms with Crippen molar-refractivity contribution in [2.75, 3.05) is 26.0 Å². The van der Waals surface area contributed by atoms with Crippen molar-refractivity contribution in [1.82, 2.24) is 19.9 Å². The van der Waals surface area contributed by atoms with Crippen molar-refractivity contribution < 1.29 is 22.7 Å². The molecule has 1 aliphatic heterocycles. The van der Waals surface area contributed by atoms with Gasteiger partial charge in [-0.3, -0.25) is 4.79 Å². The summed E-state index contributed by atoms with van der Waals surface area (Å²) in [6.07, 6.45) is -2.72. The lowest BCUT2D eigenvalue weighted by atomic mass is 10.1. The van der Waals surface area contributed by atoms with Gasteiger partial charge in [-0.05, 0) is 17.7 Å². The molecule has 2 heterocycles. The molecule has 0 unspecified atom stereocenters. The average Bonchev–Trinajstić information content (AvgIpc) is 3.19. The molecule has 1 atom stereocenters. The zero-order chi connectivity index (χ0) is 18.7. The van der Waals surface area contributed by atoms with E-state index in [1.807, 2.05) is 0 Å². The lowest BCUT2D eigenvalue weighted by Gasteiger charge is -2.21. The molecule has 0 radical (unpaired) electrons. The van der Waals surface area contributed by atoms with E-state index < -0.39 is 11.7 Å². The summed E-state index contributed by atoms with van der Waals surface area (Å²) in [5.74, 6) is 0.360. The van der Waals surface area contributed by atoms with E-state index >= 15 is 0 Å². The van der Waals surface area contributed by atoms with Crippen molar-refractivity contribution in [3.05, 3.63) is 47.3 Å². The Bertz CT molecular complexity index is 781. The van der Waals surface area contributed by atoms with E-state index in [-0.39, 0.29) is 17.8 Å². The Labute approximate surface area is 152 Å². The van der Waals surface area contributed by atoms with Crippen LogP contribution < -0.4 is 0 Å². The Morgan fingerprint density at radius 2 is 2.19 bits per heavy atom. The van der Waals surface area contributed by atoms with Gasteiger partial charge in [-0.15, -0.1) is 16.9 Å². The van der Waals surface area contributed by atoms with Crippen molar-refractivity contribution in [3.63, 3.8) is 0 Å². The van der Waals surface area contributed by atoms with Gasteiger partial charge in [-0.25, -0.2) is 4.68 Å². The topological polar surface area (TPSA) is 60.2 Å². The zero-order valence-electron chi connectivity index (χ0n) is 13.9. The summed E-state index contributed by atoms with van der Waals surface area (Å²) in [7, 11) is 1.56. The van der Waals surface area contributed by atoms with Crippen LogP contribution in [0.5, 0.6) is 0 Å². The van der Waals surface area contributed by atoms with Crippen molar-refractivity contribution in [2.24, 2.45) is 0 Å². The van der Waals surface area contributed by atoms with Crippen LogP contribution in [0.1, 0.15) is 22.2 Å². The summed E-state index contributed by atoms with van der Waals surface area (Å²) in [6, 6.07) is 5.11. The molecule has 26 heavy (non-hydrogen) atoms. The molecule has 1 aromatic heterocycles. The van der Waals surface area contributed by atoms with Crippen LogP contribution in [0, 0.1) is 0 Å². The van der Waals surface area contributed by atoms with Gasteiger partial charge < -0.3 is 9.64 Å². The fourth-order valence-electron chi connectivity index (χ4n) is 2.67. The first-order valence-corrected chi connectivity index (χ1v) is 8.89. The quantitative estimate of drug-likeness (QED) is 0.764. The summed E-state index contributed by atoms with van der Waals surface area (Å²) in [6.45, 7) is 1.04. The van der Waals surface area contributed by atoms with Gasteiger partial charge >= 0.3 is 6.18 Å². The van der Waals surface area contributed by atoms with E-state index in [1.165, 1.54) is 22.5 Å². The van der Waals surface area contributed by atoms with Crippen molar-refractivity contribution in [1.29, 1.82) is 0 Å². The van der Waals surface area contributed by atoms with Crippen LogP contribution in [0.15, 0.2) is 30.5 Å². The molecule has 2 aromatic rings. The molecule has 1 saturated heterocycles. The molecule has 0 N–H and O–H groups in total. The molecule has 10 heteroatoms. The summed E-state index contributed by atoms with van der Waals surface area (Å²) < 4.78 is 44.9.